The van der Waals surface area contributed by atoms with Gasteiger partial charge < -0.3 is 11.1 Å². The van der Waals surface area contributed by atoms with Crippen LogP contribution in [-0.2, 0) is 0 Å². The molecule has 0 amide bonds. The summed E-state index contributed by atoms with van der Waals surface area (Å²) in [5, 5.41) is 9.73. The summed E-state index contributed by atoms with van der Waals surface area (Å²) < 4.78 is 0. The van der Waals surface area contributed by atoms with E-state index in [2.05, 4.69) is 5.32 Å². The Morgan fingerprint density at radius 1 is 1.55 bits per heavy atom. The van der Waals surface area contributed by atoms with E-state index in [0.717, 1.165) is 5.88 Å². The zero-order valence-electron chi connectivity index (χ0n) is 7.64. The zero-order chi connectivity index (χ0) is 9.28. The molecule has 0 heterocycles. The molecule has 0 aromatic carbocycles. The first-order chi connectivity index (χ1) is 5.04. The van der Waals surface area contributed by atoms with Crippen LogP contribution in [0.2, 0.25) is 0 Å². The summed E-state index contributed by atoms with van der Waals surface area (Å²) in [4.78, 5) is 1.96. The molecule has 0 aliphatic rings. The number of nitrogens with two attached hydrogens (primary N) is 1. The van der Waals surface area contributed by atoms with Crippen molar-refractivity contribution < 1.29 is 0 Å². The summed E-state index contributed by atoms with van der Waals surface area (Å²) >= 11 is 1.33. The standard InChI is InChI=1S/C4H11N3S.C2H7N/c1-7(2)3-8-4(5)6;1-3-2/h3H2,1-2H3,(H3,5,6);3H,1-2H3. The average molecular weight is 178 g/mol. The number of amidine groups is 1. The molecule has 0 rings (SSSR count). The van der Waals surface area contributed by atoms with E-state index in [9.17, 15) is 0 Å². The van der Waals surface area contributed by atoms with Gasteiger partial charge in [0.15, 0.2) is 5.17 Å². The van der Waals surface area contributed by atoms with Gasteiger partial charge in [0.2, 0.25) is 0 Å². The van der Waals surface area contributed by atoms with Gasteiger partial charge in [0.05, 0.1) is 5.88 Å². The van der Waals surface area contributed by atoms with Crippen LogP contribution in [0.1, 0.15) is 0 Å². The lowest BCUT2D eigenvalue weighted by Gasteiger charge is -2.05. The third-order valence-corrected chi connectivity index (χ3v) is 1.43. The van der Waals surface area contributed by atoms with E-state index in [1.807, 2.05) is 33.1 Å². The van der Waals surface area contributed by atoms with E-state index in [-0.39, 0.29) is 5.17 Å². The van der Waals surface area contributed by atoms with Gasteiger partial charge in [-0.05, 0) is 28.2 Å². The molecule has 5 heteroatoms. The van der Waals surface area contributed by atoms with Crippen molar-refractivity contribution in [2.45, 2.75) is 0 Å². The Hall–Kier alpha value is -0.260. The second kappa shape index (κ2) is 9.74. The molecule has 0 aliphatic carbocycles. The number of hydrogen-bond donors (Lipinski definition) is 3. The molecule has 0 atom stereocenters. The second-order valence-corrected chi connectivity index (χ2v) is 3.20. The summed E-state index contributed by atoms with van der Waals surface area (Å²) in [7, 11) is 7.63. The van der Waals surface area contributed by atoms with Crippen molar-refractivity contribution in [2.24, 2.45) is 5.73 Å². The molecule has 0 spiro atoms. The van der Waals surface area contributed by atoms with E-state index < -0.39 is 0 Å². The fourth-order valence-corrected chi connectivity index (χ4v) is 0.596. The maximum Gasteiger partial charge on any atom is 0.152 e. The highest BCUT2D eigenvalue weighted by atomic mass is 32.2. The van der Waals surface area contributed by atoms with Crippen LogP contribution in [0.4, 0.5) is 0 Å². The van der Waals surface area contributed by atoms with Gasteiger partial charge in [-0.2, -0.15) is 0 Å². The number of hydrogen-bond acceptors (Lipinski definition) is 4. The fraction of sp³-hybridized carbons (Fsp3) is 0.833. The lowest BCUT2D eigenvalue weighted by atomic mass is 11.0. The Kier molecular flexibility index (Phi) is 11.8. The molecule has 4 N–H and O–H groups in total. The molecule has 68 valence electrons. The highest BCUT2D eigenvalue weighted by Gasteiger charge is 1.90. The van der Waals surface area contributed by atoms with Gasteiger partial charge in [-0.1, -0.05) is 11.8 Å². The number of thioether (sulfide) groups is 1. The predicted molar refractivity (Wildman–Crippen MR) is 53.0 cm³/mol. The first kappa shape index (κ1) is 13.3. The van der Waals surface area contributed by atoms with E-state index in [1.54, 1.807) is 0 Å². The second-order valence-electron chi connectivity index (χ2n) is 2.22. The van der Waals surface area contributed by atoms with Crippen LogP contribution in [0.3, 0.4) is 0 Å². The first-order valence-corrected chi connectivity index (χ1v) is 4.23. The molecular weight excluding hydrogens is 160 g/mol. The molecule has 0 radical (unpaired) electrons. The van der Waals surface area contributed by atoms with Gasteiger partial charge in [-0.15, -0.1) is 0 Å². The van der Waals surface area contributed by atoms with Gasteiger partial charge in [0.25, 0.3) is 0 Å². The van der Waals surface area contributed by atoms with Crippen molar-refractivity contribution in [2.75, 3.05) is 34.1 Å². The largest absolute Gasteiger partial charge is 0.379 e. The Balaban J connectivity index is 0. The minimum Gasteiger partial charge on any atom is -0.379 e. The number of rotatable bonds is 2. The molecular formula is C6H18N4S. The lowest BCUT2D eigenvalue weighted by Crippen LogP contribution is -2.14. The molecule has 0 fully saturated rings. The van der Waals surface area contributed by atoms with Crippen molar-refractivity contribution in [3.8, 4) is 0 Å². The highest BCUT2D eigenvalue weighted by molar-refractivity contribution is 8.13. The Labute approximate surface area is 73.0 Å². The molecule has 0 bridgehead atoms. The van der Waals surface area contributed by atoms with Gasteiger partial charge >= 0.3 is 0 Å². The minimum atomic E-state index is 0.179. The lowest BCUT2D eigenvalue weighted by molar-refractivity contribution is 0.486. The van der Waals surface area contributed by atoms with E-state index in [1.165, 1.54) is 11.8 Å². The molecule has 0 saturated heterocycles. The van der Waals surface area contributed by atoms with Crippen molar-refractivity contribution in [3.63, 3.8) is 0 Å². The Morgan fingerprint density at radius 2 is 1.91 bits per heavy atom. The SMILES string of the molecule is CN(C)CSC(=N)N.CNC. The van der Waals surface area contributed by atoms with E-state index in [4.69, 9.17) is 11.1 Å². The molecule has 4 nitrogen and oxygen atoms in total. The minimum absolute atomic E-state index is 0.179. The summed E-state index contributed by atoms with van der Waals surface area (Å²) in [6.45, 7) is 0. The monoisotopic (exact) mass is 178 g/mol. The zero-order valence-corrected chi connectivity index (χ0v) is 8.46. The maximum atomic E-state index is 6.80. The third kappa shape index (κ3) is 26.0. The molecule has 0 aromatic rings. The molecule has 11 heavy (non-hydrogen) atoms. The van der Waals surface area contributed by atoms with Crippen molar-refractivity contribution >= 4 is 16.9 Å². The van der Waals surface area contributed by atoms with Crippen molar-refractivity contribution in [1.29, 1.82) is 5.41 Å². The first-order valence-electron chi connectivity index (χ1n) is 3.24. The molecule has 0 aromatic heterocycles. The van der Waals surface area contributed by atoms with Gasteiger partial charge in [-0.3, -0.25) is 10.3 Å². The normalized spacial score (nSPS) is 8.82. The Bertz CT molecular complexity index is 94.6. The predicted octanol–water partition coefficient (Wildman–Crippen LogP) is -0.0322. The average Bonchev–Trinajstić information content (AvgIpc) is 1.85. The summed E-state index contributed by atoms with van der Waals surface area (Å²) in [5.74, 6) is 0.787. The maximum absolute atomic E-state index is 6.80. The van der Waals surface area contributed by atoms with Crippen LogP contribution in [-0.4, -0.2) is 44.1 Å². The van der Waals surface area contributed by atoms with Crippen molar-refractivity contribution in [1.82, 2.24) is 10.2 Å². The van der Waals surface area contributed by atoms with Crippen LogP contribution < -0.4 is 11.1 Å². The Morgan fingerprint density at radius 3 is 2.00 bits per heavy atom. The van der Waals surface area contributed by atoms with E-state index in [0.29, 0.717) is 0 Å². The van der Waals surface area contributed by atoms with Gasteiger partial charge in [-0.25, -0.2) is 0 Å². The number of nitrogens with one attached hydrogen (secondary N) is 2. The highest BCUT2D eigenvalue weighted by Crippen LogP contribution is 1.96. The van der Waals surface area contributed by atoms with Crippen molar-refractivity contribution in [3.05, 3.63) is 0 Å². The van der Waals surface area contributed by atoms with Gasteiger partial charge in [0.1, 0.15) is 0 Å². The third-order valence-electron chi connectivity index (χ3n) is 0.478. The fourth-order valence-electron chi connectivity index (χ4n) is 0.199. The van der Waals surface area contributed by atoms with Gasteiger partial charge in [0, 0.05) is 0 Å². The molecule has 0 saturated carbocycles. The van der Waals surface area contributed by atoms with Crippen LogP contribution in [0.15, 0.2) is 0 Å². The topological polar surface area (TPSA) is 65.1 Å². The smallest absolute Gasteiger partial charge is 0.152 e. The molecule has 0 aliphatic heterocycles. The quantitative estimate of drug-likeness (QED) is 0.315. The summed E-state index contributed by atoms with van der Waals surface area (Å²) in [5.41, 5.74) is 5.06. The van der Waals surface area contributed by atoms with Crippen LogP contribution in [0, 0.1) is 5.41 Å². The molecule has 0 unspecified atom stereocenters. The van der Waals surface area contributed by atoms with Crippen LogP contribution in [0.25, 0.3) is 0 Å². The summed E-state index contributed by atoms with van der Waals surface area (Å²) in [6, 6.07) is 0. The van der Waals surface area contributed by atoms with Crippen LogP contribution >= 0.6 is 11.8 Å². The summed E-state index contributed by atoms with van der Waals surface area (Å²) in [6.07, 6.45) is 0. The van der Waals surface area contributed by atoms with E-state index >= 15 is 0 Å². The number of nitrogens with zero attached hydrogens (tertiary/aromatic N) is 1. The van der Waals surface area contributed by atoms with Crippen LogP contribution in [0.5, 0.6) is 0 Å².